The van der Waals surface area contributed by atoms with Gasteiger partial charge in [0, 0.05) is 29.8 Å². The Kier molecular flexibility index (Phi) is 5.65. The van der Waals surface area contributed by atoms with Crippen molar-refractivity contribution in [3.8, 4) is 0 Å². The lowest BCUT2D eigenvalue weighted by atomic mass is 10.1. The smallest absolute Gasteiger partial charge is 0.307 e. The van der Waals surface area contributed by atoms with Crippen LogP contribution in [0, 0.1) is 5.82 Å². The zero-order valence-corrected chi connectivity index (χ0v) is 18.2. The first-order chi connectivity index (χ1) is 16.6. The molecule has 0 fully saturated rings. The van der Waals surface area contributed by atoms with Gasteiger partial charge in [-0.1, -0.05) is 24.3 Å². The van der Waals surface area contributed by atoms with E-state index in [1.54, 1.807) is 54.2 Å². The number of hydrogen-bond donors (Lipinski definition) is 2. The van der Waals surface area contributed by atoms with Crippen molar-refractivity contribution in [2.24, 2.45) is 5.10 Å². The van der Waals surface area contributed by atoms with E-state index in [-0.39, 0.29) is 5.82 Å². The molecule has 168 valence electrons. The number of urea groups is 1. The number of anilines is 1. The van der Waals surface area contributed by atoms with Crippen molar-refractivity contribution < 1.29 is 9.18 Å². The van der Waals surface area contributed by atoms with Gasteiger partial charge in [0.25, 0.3) is 0 Å². The molecule has 5 aromatic rings. The normalized spacial score (nSPS) is 11.6. The number of nitrogens with zero attached hydrogens (tertiary/aromatic N) is 5. The first-order valence-corrected chi connectivity index (χ1v) is 10.6. The SMILES string of the molecule is CC(=NNC(=O)Nc1ccccc1)c1ccc2ncc(Cc3cc4cccnc4cc3F)n2n1. The van der Waals surface area contributed by atoms with Crippen molar-refractivity contribution in [3.63, 3.8) is 0 Å². The summed E-state index contributed by atoms with van der Waals surface area (Å²) >= 11 is 0. The number of amides is 2. The number of aromatic nitrogens is 4. The molecule has 34 heavy (non-hydrogen) atoms. The van der Waals surface area contributed by atoms with Gasteiger partial charge in [-0.15, -0.1) is 0 Å². The molecule has 3 aromatic heterocycles. The summed E-state index contributed by atoms with van der Waals surface area (Å²) < 4.78 is 16.4. The number of carbonyl (C=O) groups is 1. The molecule has 0 saturated heterocycles. The molecule has 0 atom stereocenters. The highest BCUT2D eigenvalue weighted by atomic mass is 19.1. The molecule has 5 rings (SSSR count). The number of rotatable bonds is 5. The van der Waals surface area contributed by atoms with Crippen LogP contribution in [0.2, 0.25) is 0 Å². The van der Waals surface area contributed by atoms with Gasteiger partial charge >= 0.3 is 6.03 Å². The van der Waals surface area contributed by atoms with Crippen LogP contribution >= 0.6 is 0 Å². The van der Waals surface area contributed by atoms with Gasteiger partial charge < -0.3 is 5.32 Å². The largest absolute Gasteiger partial charge is 0.339 e. The summed E-state index contributed by atoms with van der Waals surface area (Å²) in [6.45, 7) is 1.74. The monoisotopic (exact) mass is 453 g/mol. The summed E-state index contributed by atoms with van der Waals surface area (Å²) in [5, 5.41) is 12.3. The number of halogens is 1. The number of hydrogen-bond acceptors (Lipinski definition) is 5. The summed E-state index contributed by atoms with van der Waals surface area (Å²) in [5.74, 6) is -0.330. The predicted molar refractivity (Wildman–Crippen MR) is 128 cm³/mol. The highest BCUT2D eigenvalue weighted by Crippen LogP contribution is 2.20. The highest BCUT2D eigenvalue weighted by molar-refractivity contribution is 5.98. The maximum atomic E-state index is 14.7. The molecule has 2 N–H and O–H groups in total. The van der Waals surface area contributed by atoms with Crippen LogP contribution in [-0.2, 0) is 6.42 Å². The average molecular weight is 453 g/mol. The number of pyridine rings is 1. The third-order valence-corrected chi connectivity index (χ3v) is 5.30. The van der Waals surface area contributed by atoms with Crippen molar-refractivity contribution in [2.75, 3.05) is 5.32 Å². The van der Waals surface area contributed by atoms with E-state index >= 15 is 0 Å². The van der Waals surface area contributed by atoms with Gasteiger partial charge in [0.2, 0.25) is 0 Å². The van der Waals surface area contributed by atoms with E-state index in [1.165, 1.54) is 6.07 Å². The quantitative estimate of drug-likeness (QED) is 0.301. The van der Waals surface area contributed by atoms with E-state index in [9.17, 15) is 9.18 Å². The first-order valence-electron chi connectivity index (χ1n) is 10.6. The molecule has 0 unspecified atom stereocenters. The van der Waals surface area contributed by atoms with E-state index < -0.39 is 6.03 Å². The van der Waals surface area contributed by atoms with Gasteiger partial charge in [-0.05, 0) is 48.9 Å². The minimum Gasteiger partial charge on any atom is -0.307 e. The minimum atomic E-state index is -0.462. The Labute approximate surface area is 194 Å². The van der Waals surface area contributed by atoms with Crippen LogP contribution in [0.4, 0.5) is 14.9 Å². The van der Waals surface area contributed by atoms with Crippen LogP contribution in [0.25, 0.3) is 16.6 Å². The maximum Gasteiger partial charge on any atom is 0.339 e. The average Bonchev–Trinajstić information content (AvgIpc) is 3.25. The maximum absolute atomic E-state index is 14.7. The van der Waals surface area contributed by atoms with Gasteiger partial charge in [0.1, 0.15) is 11.5 Å². The van der Waals surface area contributed by atoms with E-state index in [1.807, 2.05) is 30.3 Å². The highest BCUT2D eigenvalue weighted by Gasteiger charge is 2.12. The Bertz CT molecular complexity index is 1530. The van der Waals surface area contributed by atoms with Crippen LogP contribution in [-0.4, -0.2) is 31.3 Å². The number of para-hydroxylation sites is 1. The molecular weight excluding hydrogens is 433 g/mol. The molecule has 0 aliphatic carbocycles. The summed E-state index contributed by atoms with van der Waals surface area (Å²) in [7, 11) is 0. The molecule has 3 heterocycles. The topological polar surface area (TPSA) is 96.6 Å². The Morgan fingerprint density at radius 3 is 2.76 bits per heavy atom. The minimum absolute atomic E-state index is 0.308. The second-order valence-corrected chi connectivity index (χ2v) is 7.68. The molecule has 0 radical (unpaired) electrons. The van der Waals surface area contributed by atoms with Crippen LogP contribution in [0.15, 0.2) is 84.2 Å². The third kappa shape index (κ3) is 4.44. The van der Waals surface area contributed by atoms with Crippen molar-refractivity contribution in [3.05, 3.63) is 102 Å². The zero-order valence-electron chi connectivity index (χ0n) is 18.2. The number of carbonyl (C=O) groups excluding carboxylic acids is 1. The summed E-state index contributed by atoms with van der Waals surface area (Å²) in [6.07, 6.45) is 3.63. The van der Waals surface area contributed by atoms with Gasteiger partial charge in [-0.25, -0.2) is 24.1 Å². The molecular formula is C25H20FN7O. The molecule has 2 amide bonds. The van der Waals surface area contributed by atoms with Gasteiger partial charge in [0.15, 0.2) is 5.65 Å². The van der Waals surface area contributed by atoms with E-state index in [4.69, 9.17) is 0 Å². The van der Waals surface area contributed by atoms with E-state index in [2.05, 4.69) is 30.9 Å². The lowest BCUT2D eigenvalue weighted by Crippen LogP contribution is -2.25. The van der Waals surface area contributed by atoms with Crippen LogP contribution in [0.1, 0.15) is 23.9 Å². The Balaban J connectivity index is 1.37. The van der Waals surface area contributed by atoms with Crippen LogP contribution in [0.5, 0.6) is 0 Å². The second-order valence-electron chi connectivity index (χ2n) is 7.68. The fourth-order valence-electron chi connectivity index (χ4n) is 3.58. The standard InChI is InChI=1S/C25H20FN7O/c1-16(30-31-25(34)29-19-7-3-2-4-8-19)22-9-10-24-28-15-20(33(24)32-22)13-18-12-17-6-5-11-27-23(17)14-21(18)26/h2-12,14-15H,13H2,1H3,(H2,29,31,34). The Hall–Kier alpha value is -4.66. The molecule has 8 nitrogen and oxygen atoms in total. The number of fused-ring (bicyclic) bond motifs is 2. The van der Waals surface area contributed by atoms with Crippen molar-refractivity contribution in [2.45, 2.75) is 13.3 Å². The molecule has 0 spiro atoms. The summed E-state index contributed by atoms with van der Waals surface area (Å²) in [6, 6.07) is 19.1. The molecule has 0 bridgehead atoms. The van der Waals surface area contributed by atoms with Gasteiger partial charge in [-0.2, -0.15) is 10.2 Å². The molecule has 0 saturated carbocycles. The number of benzene rings is 2. The van der Waals surface area contributed by atoms with Crippen LogP contribution in [0.3, 0.4) is 0 Å². The van der Waals surface area contributed by atoms with E-state index in [0.717, 1.165) is 11.1 Å². The van der Waals surface area contributed by atoms with E-state index in [0.29, 0.717) is 40.2 Å². The lowest BCUT2D eigenvalue weighted by Gasteiger charge is -2.07. The molecule has 9 heteroatoms. The lowest BCUT2D eigenvalue weighted by molar-refractivity contribution is 0.252. The molecule has 0 aliphatic rings. The molecule has 2 aromatic carbocycles. The summed E-state index contributed by atoms with van der Waals surface area (Å²) in [4.78, 5) is 20.7. The fraction of sp³-hybridized carbons (Fsp3) is 0.0800. The second kappa shape index (κ2) is 9.07. The number of nitrogens with one attached hydrogen (secondary N) is 2. The zero-order chi connectivity index (χ0) is 23.5. The van der Waals surface area contributed by atoms with Gasteiger partial charge in [0.05, 0.1) is 23.1 Å². The Morgan fingerprint density at radius 1 is 1.06 bits per heavy atom. The number of imidazole rings is 1. The predicted octanol–water partition coefficient (Wildman–Crippen LogP) is 4.55. The first kappa shape index (κ1) is 21.2. The van der Waals surface area contributed by atoms with Crippen molar-refractivity contribution >= 4 is 34.0 Å². The van der Waals surface area contributed by atoms with Crippen molar-refractivity contribution in [1.29, 1.82) is 0 Å². The fourth-order valence-corrected chi connectivity index (χ4v) is 3.58. The third-order valence-electron chi connectivity index (χ3n) is 5.30. The van der Waals surface area contributed by atoms with Gasteiger partial charge in [-0.3, -0.25) is 4.98 Å². The van der Waals surface area contributed by atoms with Crippen molar-refractivity contribution in [1.82, 2.24) is 25.0 Å². The summed E-state index contributed by atoms with van der Waals surface area (Å²) in [5.41, 5.74) is 6.67. The van der Waals surface area contributed by atoms with Crippen LogP contribution < -0.4 is 10.7 Å². The molecule has 0 aliphatic heterocycles. The number of hydrazone groups is 1. The Morgan fingerprint density at radius 2 is 1.91 bits per heavy atom.